The van der Waals surface area contributed by atoms with Crippen LogP contribution >= 0.6 is 0 Å². The van der Waals surface area contributed by atoms with Crippen LogP contribution in [0.4, 0.5) is 0 Å². The molecule has 0 saturated heterocycles. The SMILES string of the molecule is CC.CCC.COC.c1ccccc1. The van der Waals surface area contributed by atoms with Crippen LogP contribution in [0.3, 0.4) is 0 Å². The minimum atomic E-state index is 1.25. The van der Waals surface area contributed by atoms with Crippen LogP contribution in [0.5, 0.6) is 0 Å². The summed E-state index contributed by atoms with van der Waals surface area (Å²) in [5.41, 5.74) is 0. The van der Waals surface area contributed by atoms with Gasteiger partial charge in [0, 0.05) is 14.2 Å². The summed E-state index contributed by atoms with van der Waals surface area (Å²) in [6.07, 6.45) is 1.25. The van der Waals surface area contributed by atoms with E-state index in [4.69, 9.17) is 0 Å². The third-order valence-electron chi connectivity index (χ3n) is 0.667. The van der Waals surface area contributed by atoms with Gasteiger partial charge in [-0.1, -0.05) is 70.5 Å². The second-order valence-electron chi connectivity index (χ2n) is 2.27. The van der Waals surface area contributed by atoms with Gasteiger partial charge in [0.2, 0.25) is 0 Å². The molecule has 0 aromatic heterocycles. The quantitative estimate of drug-likeness (QED) is 0.600. The monoisotopic (exact) mass is 198 g/mol. The van der Waals surface area contributed by atoms with Crippen LogP contribution in [0.1, 0.15) is 34.1 Å². The number of benzene rings is 1. The van der Waals surface area contributed by atoms with E-state index in [0.29, 0.717) is 0 Å². The van der Waals surface area contributed by atoms with Gasteiger partial charge in [0.25, 0.3) is 0 Å². The van der Waals surface area contributed by atoms with E-state index < -0.39 is 0 Å². The van der Waals surface area contributed by atoms with Gasteiger partial charge in [-0.2, -0.15) is 0 Å². The van der Waals surface area contributed by atoms with Crippen LogP contribution in [-0.4, -0.2) is 14.2 Å². The molecule has 1 aromatic carbocycles. The van der Waals surface area contributed by atoms with E-state index >= 15 is 0 Å². The molecular weight excluding hydrogens is 172 g/mol. The van der Waals surface area contributed by atoms with Crippen molar-refractivity contribution in [3.63, 3.8) is 0 Å². The lowest BCUT2D eigenvalue weighted by Crippen LogP contribution is -1.55. The molecule has 0 spiro atoms. The van der Waals surface area contributed by atoms with Crippen LogP contribution in [0.25, 0.3) is 0 Å². The highest BCUT2D eigenvalue weighted by molar-refractivity contribution is 4.99. The molecule has 0 heterocycles. The van der Waals surface area contributed by atoms with E-state index in [9.17, 15) is 0 Å². The van der Waals surface area contributed by atoms with Crippen molar-refractivity contribution in [3.05, 3.63) is 36.4 Å². The molecule has 0 aliphatic heterocycles. The lowest BCUT2D eigenvalue weighted by Gasteiger charge is -1.69. The molecular formula is C13H26O. The van der Waals surface area contributed by atoms with Gasteiger partial charge >= 0.3 is 0 Å². The molecule has 0 N–H and O–H groups in total. The van der Waals surface area contributed by atoms with Crippen molar-refractivity contribution in [1.29, 1.82) is 0 Å². The van der Waals surface area contributed by atoms with Gasteiger partial charge < -0.3 is 4.74 Å². The molecule has 1 aromatic rings. The highest BCUT2D eigenvalue weighted by Gasteiger charge is 1.57. The number of hydrogen-bond donors (Lipinski definition) is 0. The van der Waals surface area contributed by atoms with E-state index in [1.807, 2.05) is 50.2 Å². The zero-order chi connectivity index (χ0) is 11.7. The summed E-state index contributed by atoms with van der Waals surface area (Å²) >= 11 is 0. The Morgan fingerprint density at radius 3 is 0.857 bits per heavy atom. The molecule has 0 unspecified atom stereocenters. The minimum absolute atomic E-state index is 1.25. The molecule has 84 valence electrons. The maximum absolute atomic E-state index is 4.25. The largest absolute Gasteiger partial charge is 0.388 e. The number of ether oxygens (including phenoxy) is 1. The van der Waals surface area contributed by atoms with Crippen molar-refractivity contribution in [2.75, 3.05) is 14.2 Å². The number of methoxy groups -OCH3 is 1. The maximum Gasteiger partial charge on any atom is 0.0351 e. The molecule has 0 fully saturated rings. The lowest BCUT2D eigenvalue weighted by atomic mass is 10.4. The smallest absolute Gasteiger partial charge is 0.0351 e. The van der Waals surface area contributed by atoms with E-state index in [1.54, 1.807) is 14.2 Å². The molecule has 0 aliphatic rings. The predicted molar refractivity (Wildman–Crippen MR) is 66.7 cm³/mol. The predicted octanol–water partition coefficient (Wildman–Crippen LogP) is 4.39. The highest BCUT2D eigenvalue weighted by atomic mass is 16.4. The molecule has 0 bridgehead atoms. The van der Waals surface area contributed by atoms with Gasteiger partial charge in [-0.3, -0.25) is 0 Å². The molecule has 1 rings (SSSR count). The third kappa shape index (κ3) is 43.2. The molecule has 0 amide bonds. The van der Waals surface area contributed by atoms with Crippen LogP contribution < -0.4 is 0 Å². The van der Waals surface area contributed by atoms with Crippen molar-refractivity contribution in [2.45, 2.75) is 34.1 Å². The van der Waals surface area contributed by atoms with Gasteiger partial charge in [0.15, 0.2) is 0 Å². The molecule has 0 radical (unpaired) electrons. The molecule has 0 aliphatic carbocycles. The standard InChI is InChI=1S/C6H6.C3H8.C2H6O.C2H6/c1-2-4-6-5-3-1;2*1-3-2;1-2/h1-6H;3H2,1-2H3;1-2H3;1-2H3. The topological polar surface area (TPSA) is 9.23 Å². The molecule has 14 heavy (non-hydrogen) atoms. The normalized spacial score (nSPS) is 6.43. The van der Waals surface area contributed by atoms with Crippen molar-refractivity contribution in [3.8, 4) is 0 Å². The Morgan fingerprint density at radius 2 is 0.786 bits per heavy atom. The first-order valence-electron chi connectivity index (χ1n) is 5.23. The van der Waals surface area contributed by atoms with E-state index in [1.165, 1.54) is 6.42 Å². The van der Waals surface area contributed by atoms with E-state index in [0.717, 1.165) is 0 Å². The minimum Gasteiger partial charge on any atom is -0.388 e. The zero-order valence-corrected chi connectivity index (χ0v) is 10.6. The fourth-order valence-electron chi connectivity index (χ4n) is 0.385. The maximum atomic E-state index is 4.25. The second kappa shape index (κ2) is 29.5. The van der Waals surface area contributed by atoms with Gasteiger partial charge in [-0.05, 0) is 0 Å². The molecule has 0 atom stereocenters. The summed E-state index contributed by atoms with van der Waals surface area (Å²) in [4.78, 5) is 0. The van der Waals surface area contributed by atoms with E-state index in [2.05, 4.69) is 18.6 Å². The first kappa shape index (κ1) is 18.9. The van der Waals surface area contributed by atoms with Gasteiger partial charge in [0.05, 0.1) is 0 Å². The van der Waals surface area contributed by atoms with Crippen molar-refractivity contribution >= 4 is 0 Å². The Bertz CT molecular complexity index is 97.2. The molecule has 0 saturated carbocycles. The van der Waals surface area contributed by atoms with Crippen molar-refractivity contribution < 1.29 is 4.74 Å². The summed E-state index contributed by atoms with van der Waals surface area (Å²) in [6.45, 7) is 8.25. The Labute approximate surface area is 90.1 Å². The second-order valence-corrected chi connectivity index (χ2v) is 2.27. The van der Waals surface area contributed by atoms with Gasteiger partial charge in [0.1, 0.15) is 0 Å². The van der Waals surface area contributed by atoms with Gasteiger partial charge in [-0.15, -0.1) is 0 Å². The van der Waals surface area contributed by atoms with Crippen LogP contribution in [0.15, 0.2) is 36.4 Å². The molecule has 1 nitrogen and oxygen atoms in total. The number of hydrogen-bond acceptors (Lipinski definition) is 1. The summed E-state index contributed by atoms with van der Waals surface area (Å²) in [6, 6.07) is 12.0. The average Bonchev–Trinajstić information content (AvgIpc) is 2.26. The summed E-state index contributed by atoms with van der Waals surface area (Å²) in [5, 5.41) is 0. The third-order valence-corrected chi connectivity index (χ3v) is 0.667. The highest BCUT2D eigenvalue weighted by Crippen LogP contribution is 1.79. The first-order valence-corrected chi connectivity index (χ1v) is 5.23. The molecule has 1 heteroatoms. The summed E-state index contributed by atoms with van der Waals surface area (Å²) in [5.74, 6) is 0. The first-order chi connectivity index (χ1) is 6.83. The lowest BCUT2D eigenvalue weighted by molar-refractivity contribution is 0.277. The Morgan fingerprint density at radius 1 is 0.714 bits per heavy atom. The van der Waals surface area contributed by atoms with Crippen LogP contribution in [-0.2, 0) is 4.74 Å². The Balaban J connectivity index is -0.000000132. The van der Waals surface area contributed by atoms with E-state index in [-0.39, 0.29) is 0 Å². The fraction of sp³-hybridized carbons (Fsp3) is 0.538. The Kier molecular flexibility index (Phi) is 39.8. The zero-order valence-electron chi connectivity index (χ0n) is 10.6. The van der Waals surface area contributed by atoms with Crippen molar-refractivity contribution in [1.82, 2.24) is 0 Å². The van der Waals surface area contributed by atoms with Gasteiger partial charge in [-0.25, -0.2) is 0 Å². The van der Waals surface area contributed by atoms with Crippen LogP contribution in [0, 0.1) is 0 Å². The fourth-order valence-corrected chi connectivity index (χ4v) is 0.385. The Hall–Kier alpha value is -0.820. The summed E-state index contributed by atoms with van der Waals surface area (Å²) in [7, 11) is 3.25. The summed E-state index contributed by atoms with van der Waals surface area (Å²) < 4.78 is 4.25. The number of rotatable bonds is 0. The van der Waals surface area contributed by atoms with Crippen LogP contribution in [0.2, 0.25) is 0 Å². The van der Waals surface area contributed by atoms with Crippen molar-refractivity contribution in [2.24, 2.45) is 0 Å². The average molecular weight is 198 g/mol.